The largest absolute Gasteiger partial charge is 0.465 e. The number of ether oxygens (including phenoxy) is 1. The Morgan fingerprint density at radius 1 is 1.12 bits per heavy atom. The van der Waals surface area contributed by atoms with Crippen LogP contribution in [-0.2, 0) is 19.1 Å². The van der Waals surface area contributed by atoms with E-state index in [4.69, 9.17) is 4.74 Å². The molecule has 2 amide bonds. The molecule has 40 heavy (non-hydrogen) atoms. The van der Waals surface area contributed by atoms with Crippen molar-refractivity contribution in [2.75, 3.05) is 26.3 Å². The first-order chi connectivity index (χ1) is 18.7. The summed E-state index contributed by atoms with van der Waals surface area (Å²) in [4.78, 5) is 46.3. The van der Waals surface area contributed by atoms with Gasteiger partial charge in [0.05, 0.1) is 23.2 Å². The Bertz CT molecular complexity index is 975. The Balaban J connectivity index is 2.02. The highest BCUT2D eigenvalue weighted by molar-refractivity contribution is 8.02. The summed E-state index contributed by atoms with van der Waals surface area (Å²) in [5, 5.41) is 9.19. The first-order valence-corrected chi connectivity index (χ1v) is 15.8. The molecule has 3 rings (SSSR count). The molecule has 8 heteroatoms. The second-order valence-electron chi connectivity index (χ2n) is 13.9. The number of rotatable bonds is 15. The average molecular weight is 577 g/mol. The average Bonchev–Trinajstić information content (AvgIpc) is 3.41. The molecular weight excluding hydrogens is 524 g/mol. The Morgan fingerprint density at radius 2 is 1.80 bits per heavy atom. The fraction of sp³-hybridized carbons (Fsp3) is 0.781. The summed E-state index contributed by atoms with van der Waals surface area (Å²) in [6.07, 6.45) is 9.55. The molecule has 3 fully saturated rings. The van der Waals surface area contributed by atoms with Crippen molar-refractivity contribution >= 4 is 29.5 Å². The molecule has 3 aliphatic rings. The summed E-state index contributed by atoms with van der Waals surface area (Å²) < 4.78 is 4.56. The van der Waals surface area contributed by atoms with E-state index in [1.165, 1.54) is 0 Å². The van der Waals surface area contributed by atoms with Crippen LogP contribution < -0.4 is 0 Å². The van der Waals surface area contributed by atoms with E-state index in [1.54, 1.807) is 28.8 Å². The fourth-order valence-corrected chi connectivity index (χ4v) is 10.0. The number of fused-ring (bicyclic) bond motifs is 1. The van der Waals surface area contributed by atoms with Gasteiger partial charge in [-0.3, -0.25) is 14.4 Å². The summed E-state index contributed by atoms with van der Waals surface area (Å²) in [7, 11) is 0. The number of esters is 1. The molecule has 0 saturated carbocycles. The molecule has 0 aromatic rings. The second-order valence-corrected chi connectivity index (χ2v) is 15.8. The number of likely N-dealkylation sites (tertiary alicyclic amines) is 1. The molecule has 2 bridgehead atoms. The molecule has 3 aliphatic heterocycles. The van der Waals surface area contributed by atoms with E-state index in [2.05, 4.69) is 54.7 Å². The van der Waals surface area contributed by atoms with Crippen LogP contribution in [0.1, 0.15) is 92.9 Å². The Kier molecular flexibility index (Phi) is 10.3. The van der Waals surface area contributed by atoms with Crippen LogP contribution >= 0.6 is 11.8 Å². The zero-order valence-electron chi connectivity index (χ0n) is 25.7. The molecule has 0 aromatic carbocycles. The molecule has 2 unspecified atom stereocenters. The molecule has 5 atom stereocenters. The maximum absolute atomic E-state index is 14.8. The molecule has 0 radical (unpaired) electrons. The van der Waals surface area contributed by atoms with Crippen molar-refractivity contribution < 1.29 is 24.2 Å². The molecule has 1 N–H and O–H groups in total. The lowest BCUT2D eigenvalue weighted by Gasteiger charge is -2.46. The number of carbonyl (C=O) groups is 3. The van der Waals surface area contributed by atoms with Crippen LogP contribution in [0.2, 0.25) is 0 Å². The summed E-state index contributed by atoms with van der Waals surface area (Å²) in [5.74, 6) is -1.61. The van der Waals surface area contributed by atoms with Crippen molar-refractivity contribution in [2.45, 2.75) is 114 Å². The third-order valence-corrected chi connectivity index (χ3v) is 10.9. The van der Waals surface area contributed by atoms with Crippen molar-refractivity contribution in [3.63, 3.8) is 0 Å². The Labute approximate surface area is 246 Å². The number of hydrogen-bond donors (Lipinski definition) is 1. The van der Waals surface area contributed by atoms with Gasteiger partial charge in [-0.05, 0) is 64.7 Å². The number of nitrogens with zero attached hydrogens (tertiary/aromatic N) is 2. The number of aliphatic hydroxyl groups is 1. The molecule has 7 nitrogen and oxygen atoms in total. The van der Waals surface area contributed by atoms with Gasteiger partial charge in [0.15, 0.2) is 0 Å². The van der Waals surface area contributed by atoms with E-state index in [1.807, 2.05) is 4.90 Å². The zero-order valence-corrected chi connectivity index (χ0v) is 26.5. The van der Waals surface area contributed by atoms with Gasteiger partial charge in [0, 0.05) is 30.0 Å². The minimum Gasteiger partial charge on any atom is -0.465 e. The minimum atomic E-state index is -0.659. The van der Waals surface area contributed by atoms with Crippen molar-refractivity contribution in [1.29, 1.82) is 0 Å². The van der Waals surface area contributed by atoms with Gasteiger partial charge in [-0.2, -0.15) is 0 Å². The van der Waals surface area contributed by atoms with E-state index in [-0.39, 0.29) is 36.4 Å². The van der Waals surface area contributed by atoms with Gasteiger partial charge in [0.2, 0.25) is 11.8 Å². The van der Waals surface area contributed by atoms with Gasteiger partial charge < -0.3 is 19.6 Å². The normalized spacial score (nSPS) is 29.4. The van der Waals surface area contributed by atoms with E-state index in [0.717, 1.165) is 44.9 Å². The lowest BCUT2D eigenvalue weighted by molar-refractivity contribution is -0.155. The molecule has 3 heterocycles. The van der Waals surface area contributed by atoms with Gasteiger partial charge in [-0.25, -0.2) is 0 Å². The zero-order chi connectivity index (χ0) is 29.9. The molecule has 0 aliphatic carbocycles. The smallest absolute Gasteiger partial charge is 0.311 e. The van der Waals surface area contributed by atoms with Crippen LogP contribution in [-0.4, -0.2) is 80.1 Å². The third-order valence-electron chi connectivity index (χ3n) is 8.91. The lowest BCUT2D eigenvalue weighted by atomic mass is 9.66. The first kappa shape index (κ1) is 32.7. The van der Waals surface area contributed by atoms with E-state index in [0.29, 0.717) is 19.5 Å². The maximum Gasteiger partial charge on any atom is 0.311 e. The molecular formula is C32H52N2O5S. The van der Waals surface area contributed by atoms with Gasteiger partial charge in [-0.15, -0.1) is 24.9 Å². The van der Waals surface area contributed by atoms with Crippen molar-refractivity contribution in [1.82, 2.24) is 9.80 Å². The Hall–Kier alpha value is -1.80. The predicted molar refractivity (Wildman–Crippen MR) is 162 cm³/mol. The highest BCUT2D eigenvalue weighted by Crippen LogP contribution is 2.71. The number of unbranched alkanes of at least 4 members (excludes halogenated alkanes) is 3. The van der Waals surface area contributed by atoms with Crippen molar-refractivity contribution in [2.24, 2.45) is 17.3 Å². The summed E-state index contributed by atoms with van der Waals surface area (Å²) in [6.45, 7) is 21.7. The first-order valence-electron chi connectivity index (χ1n) is 15.0. The van der Waals surface area contributed by atoms with Crippen LogP contribution in [0, 0.1) is 17.3 Å². The van der Waals surface area contributed by atoms with Crippen molar-refractivity contribution in [3.8, 4) is 0 Å². The number of aliphatic hydroxyl groups excluding tert-OH is 1. The Morgan fingerprint density at radius 3 is 2.40 bits per heavy atom. The van der Waals surface area contributed by atoms with Gasteiger partial charge in [0.25, 0.3) is 0 Å². The van der Waals surface area contributed by atoms with Crippen LogP contribution in [0.5, 0.6) is 0 Å². The van der Waals surface area contributed by atoms with E-state index >= 15 is 0 Å². The lowest BCUT2D eigenvalue weighted by Crippen LogP contribution is -2.60. The maximum atomic E-state index is 14.8. The fourth-order valence-electron chi connectivity index (χ4n) is 7.69. The van der Waals surface area contributed by atoms with Gasteiger partial charge in [0.1, 0.15) is 6.04 Å². The van der Waals surface area contributed by atoms with Crippen molar-refractivity contribution in [3.05, 3.63) is 25.3 Å². The number of carbonyl (C=O) groups excluding carboxylic acids is 3. The number of hydrogen-bond acceptors (Lipinski definition) is 6. The van der Waals surface area contributed by atoms with Gasteiger partial charge >= 0.3 is 5.97 Å². The van der Waals surface area contributed by atoms with Crippen LogP contribution in [0.25, 0.3) is 0 Å². The van der Waals surface area contributed by atoms with Gasteiger partial charge in [-0.1, -0.05) is 45.8 Å². The number of amides is 2. The topological polar surface area (TPSA) is 87.1 Å². The molecule has 0 aromatic heterocycles. The van der Waals surface area contributed by atoms with Crippen LogP contribution in [0.4, 0.5) is 0 Å². The molecule has 226 valence electrons. The van der Waals surface area contributed by atoms with E-state index in [9.17, 15) is 19.5 Å². The minimum absolute atomic E-state index is 0.00373. The standard InChI is InChI=1S/C32H52N2O5S/c1-9-11-21-39-28(38)24-23-26(36)33(19-14-12-13-15-20-35)25(32(23)17-16-31(24,8)40-32)27(37)34(18-10-2)30(6,7)22-29(3,4)5/h9-10,23-25,35H,1-2,11-22H2,3-8H3/t23-,24-,25?,31+,32?/m0/s1. The predicted octanol–water partition coefficient (Wildman–Crippen LogP) is 5.37. The summed E-state index contributed by atoms with van der Waals surface area (Å²) in [5.41, 5.74) is -0.460. The van der Waals surface area contributed by atoms with Crippen LogP contribution in [0.3, 0.4) is 0 Å². The van der Waals surface area contributed by atoms with E-state index < -0.39 is 32.9 Å². The third kappa shape index (κ3) is 6.33. The van der Waals surface area contributed by atoms with Crippen LogP contribution in [0.15, 0.2) is 25.3 Å². The highest BCUT2D eigenvalue weighted by Gasteiger charge is 2.77. The summed E-state index contributed by atoms with van der Waals surface area (Å²) >= 11 is 1.69. The monoisotopic (exact) mass is 576 g/mol. The highest BCUT2D eigenvalue weighted by atomic mass is 32.2. The number of thioether (sulfide) groups is 1. The SMILES string of the molecule is C=CCCOC(=O)[C@@H]1[C@H]2C(=O)N(CCCCCCO)C(C(=O)N(CC=C)C(C)(C)CC(C)(C)C)C23CC[C@@]1(C)S3. The molecule has 1 spiro atoms. The second kappa shape index (κ2) is 12.6. The molecule has 3 saturated heterocycles. The quantitative estimate of drug-likeness (QED) is 0.160. The summed E-state index contributed by atoms with van der Waals surface area (Å²) in [6, 6.07) is -0.639.